The molecule has 4 amide bonds. The summed E-state index contributed by atoms with van der Waals surface area (Å²) in [6.07, 6.45) is 3.47. The van der Waals surface area contributed by atoms with E-state index in [1.165, 1.54) is 4.90 Å². The van der Waals surface area contributed by atoms with E-state index in [-0.39, 0.29) is 30.4 Å². The number of rotatable bonds is 5. The van der Waals surface area contributed by atoms with Crippen molar-refractivity contribution in [2.24, 2.45) is 0 Å². The Hall–Kier alpha value is -4.13. The molecule has 3 aliphatic heterocycles. The second kappa shape index (κ2) is 11.2. The summed E-state index contributed by atoms with van der Waals surface area (Å²) in [7, 11) is 8.73. The summed E-state index contributed by atoms with van der Waals surface area (Å²) < 4.78 is 5.59. The number of anilines is 4. The number of piperazine rings is 1. The van der Waals surface area contributed by atoms with E-state index in [4.69, 9.17) is 9.72 Å². The summed E-state index contributed by atoms with van der Waals surface area (Å²) in [6, 6.07) is 4.73. The molecule has 13 heteroatoms. The van der Waals surface area contributed by atoms with Crippen molar-refractivity contribution in [3.63, 3.8) is 0 Å². The maximum absolute atomic E-state index is 13.2. The Morgan fingerprint density at radius 3 is 2.55 bits per heavy atom. The molecule has 0 radical (unpaired) electrons. The van der Waals surface area contributed by atoms with E-state index in [0.29, 0.717) is 47.5 Å². The van der Waals surface area contributed by atoms with Crippen LogP contribution in [0.4, 0.5) is 27.9 Å². The number of amides is 4. The molecule has 0 saturated carbocycles. The number of fused-ring (bicyclic) bond motifs is 3. The molecule has 214 valence electrons. The average molecular weight is 552 g/mol. The van der Waals surface area contributed by atoms with Crippen molar-refractivity contribution < 1.29 is 19.1 Å². The number of benzene rings is 1. The van der Waals surface area contributed by atoms with Crippen LogP contribution in [0.25, 0.3) is 0 Å². The Balaban J connectivity index is 1.33. The number of urea groups is 1. The van der Waals surface area contributed by atoms with E-state index in [1.807, 2.05) is 4.90 Å². The second-order valence-electron chi connectivity index (χ2n) is 10.7. The van der Waals surface area contributed by atoms with Crippen molar-refractivity contribution in [3.8, 4) is 5.75 Å². The number of likely N-dealkylation sites (tertiary alicyclic amines) is 1. The number of carbonyl (C=O) groups is 3. The van der Waals surface area contributed by atoms with Crippen molar-refractivity contribution in [1.82, 2.24) is 30.0 Å². The minimum absolute atomic E-state index is 0.108. The lowest BCUT2D eigenvalue weighted by Gasteiger charge is -2.46. The highest BCUT2D eigenvalue weighted by Crippen LogP contribution is 2.36. The predicted molar refractivity (Wildman–Crippen MR) is 151 cm³/mol. The van der Waals surface area contributed by atoms with Crippen LogP contribution >= 0.6 is 0 Å². The molecule has 1 atom stereocenters. The Kier molecular flexibility index (Phi) is 7.66. The normalized spacial score (nSPS) is 19.6. The molecule has 3 aliphatic rings. The Labute approximate surface area is 234 Å². The van der Waals surface area contributed by atoms with E-state index in [9.17, 15) is 14.4 Å². The molecule has 0 aliphatic carbocycles. The topological polar surface area (TPSA) is 126 Å². The highest BCUT2D eigenvalue weighted by molar-refractivity contribution is 6.05. The van der Waals surface area contributed by atoms with Crippen LogP contribution in [0.1, 0.15) is 23.2 Å². The fraction of sp³-hybridized carbons (Fsp3) is 0.519. The number of nitrogens with zero attached hydrogens (tertiary/aromatic N) is 7. The zero-order chi connectivity index (χ0) is 28.6. The molecule has 2 saturated heterocycles. The van der Waals surface area contributed by atoms with Gasteiger partial charge in [-0.2, -0.15) is 4.98 Å². The molecular formula is C27H37N9O4. The standard InChI is InChI=1S/C27H37N9O4/c1-32(2)27(39)35-12-13-36-21(16-35)25(38)34(4)20-15-28-26(31-23(20)36)30-19-7-6-17(14-22(19)40-5)24(37)29-18-8-10-33(3)11-9-18/h6-7,14-15,18,21H,8-13,16H2,1-5H3,(H,29,37)(H,28,30,31)/t21-/m1/s1. The number of aromatic nitrogens is 2. The zero-order valence-electron chi connectivity index (χ0n) is 23.7. The van der Waals surface area contributed by atoms with Gasteiger partial charge in [0, 0.05) is 45.8 Å². The van der Waals surface area contributed by atoms with Gasteiger partial charge in [0.1, 0.15) is 17.5 Å². The van der Waals surface area contributed by atoms with Crippen LogP contribution in [-0.2, 0) is 4.79 Å². The summed E-state index contributed by atoms with van der Waals surface area (Å²) in [6.45, 7) is 3.16. The fourth-order valence-electron chi connectivity index (χ4n) is 5.40. The number of nitrogens with one attached hydrogen (secondary N) is 2. The molecular weight excluding hydrogens is 514 g/mol. The first kappa shape index (κ1) is 27.4. The Bertz CT molecular complexity index is 1290. The monoisotopic (exact) mass is 551 g/mol. The molecule has 1 aromatic carbocycles. The van der Waals surface area contributed by atoms with Crippen molar-refractivity contribution in [3.05, 3.63) is 30.0 Å². The molecule has 13 nitrogen and oxygen atoms in total. The maximum atomic E-state index is 13.2. The molecule has 2 N–H and O–H groups in total. The third-order valence-electron chi connectivity index (χ3n) is 7.80. The van der Waals surface area contributed by atoms with E-state index in [1.54, 1.807) is 62.4 Å². The van der Waals surface area contributed by atoms with Crippen LogP contribution in [0.2, 0.25) is 0 Å². The van der Waals surface area contributed by atoms with Gasteiger partial charge in [-0.05, 0) is 51.2 Å². The van der Waals surface area contributed by atoms with E-state index < -0.39 is 6.04 Å². The number of methoxy groups -OCH3 is 1. The summed E-state index contributed by atoms with van der Waals surface area (Å²) in [4.78, 5) is 56.7. The van der Waals surface area contributed by atoms with Gasteiger partial charge in [-0.3, -0.25) is 9.59 Å². The smallest absolute Gasteiger partial charge is 0.319 e. The number of ether oxygens (including phenoxy) is 1. The van der Waals surface area contributed by atoms with Gasteiger partial charge in [-0.15, -0.1) is 0 Å². The van der Waals surface area contributed by atoms with Crippen molar-refractivity contribution in [2.45, 2.75) is 24.9 Å². The number of hydrogen-bond donors (Lipinski definition) is 2. The van der Waals surface area contributed by atoms with Gasteiger partial charge in [0.15, 0.2) is 5.82 Å². The van der Waals surface area contributed by atoms with Crippen molar-refractivity contribution >= 4 is 41.0 Å². The molecule has 40 heavy (non-hydrogen) atoms. The van der Waals surface area contributed by atoms with Crippen molar-refractivity contribution in [2.75, 3.05) is 83.1 Å². The van der Waals surface area contributed by atoms with Crippen LogP contribution in [0, 0.1) is 0 Å². The summed E-state index contributed by atoms with van der Waals surface area (Å²) >= 11 is 0. The first-order valence-corrected chi connectivity index (χ1v) is 13.5. The summed E-state index contributed by atoms with van der Waals surface area (Å²) in [5.74, 6) is 1.20. The average Bonchev–Trinajstić information content (AvgIpc) is 2.96. The summed E-state index contributed by atoms with van der Waals surface area (Å²) in [5.41, 5.74) is 1.73. The van der Waals surface area contributed by atoms with E-state index in [0.717, 1.165) is 25.9 Å². The van der Waals surface area contributed by atoms with Gasteiger partial charge < -0.3 is 39.9 Å². The Morgan fingerprint density at radius 2 is 1.85 bits per heavy atom. The first-order valence-electron chi connectivity index (χ1n) is 13.5. The van der Waals surface area contributed by atoms with Gasteiger partial charge >= 0.3 is 6.03 Å². The number of likely N-dealkylation sites (N-methyl/N-ethyl adjacent to an activating group) is 1. The minimum Gasteiger partial charge on any atom is -0.495 e. The third kappa shape index (κ3) is 5.33. The van der Waals surface area contributed by atoms with Gasteiger partial charge in [0.05, 0.1) is 25.5 Å². The molecule has 1 aromatic heterocycles. The highest BCUT2D eigenvalue weighted by atomic mass is 16.5. The quantitative estimate of drug-likeness (QED) is 0.564. The molecule has 4 heterocycles. The molecule has 2 aromatic rings. The van der Waals surface area contributed by atoms with Gasteiger partial charge in [-0.25, -0.2) is 9.78 Å². The lowest BCUT2D eigenvalue weighted by Crippen LogP contribution is -2.64. The highest BCUT2D eigenvalue weighted by Gasteiger charge is 2.42. The SMILES string of the molecule is COc1cc(C(=O)NC2CCN(C)CC2)ccc1Nc1ncc2c(n1)N1CCN(C(=O)N(C)C)C[C@@H]1C(=O)N2C. The van der Waals surface area contributed by atoms with Crippen LogP contribution in [0.5, 0.6) is 5.75 Å². The molecule has 0 bridgehead atoms. The van der Waals surface area contributed by atoms with Crippen LogP contribution in [0.15, 0.2) is 24.4 Å². The van der Waals surface area contributed by atoms with Gasteiger partial charge in [-0.1, -0.05) is 0 Å². The van der Waals surface area contributed by atoms with Crippen LogP contribution in [0.3, 0.4) is 0 Å². The van der Waals surface area contributed by atoms with E-state index >= 15 is 0 Å². The molecule has 0 spiro atoms. The lowest BCUT2D eigenvalue weighted by atomic mass is 10.0. The van der Waals surface area contributed by atoms with Gasteiger partial charge in [0.25, 0.3) is 11.8 Å². The van der Waals surface area contributed by atoms with Gasteiger partial charge in [0.2, 0.25) is 5.95 Å². The van der Waals surface area contributed by atoms with Crippen molar-refractivity contribution in [1.29, 1.82) is 0 Å². The molecule has 0 unspecified atom stereocenters. The predicted octanol–water partition coefficient (Wildman–Crippen LogP) is 1.20. The molecule has 2 fully saturated rings. The van der Waals surface area contributed by atoms with Crippen LogP contribution in [-0.4, -0.2) is 123 Å². The molecule has 5 rings (SSSR count). The zero-order valence-corrected chi connectivity index (χ0v) is 23.7. The van der Waals surface area contributed by atoms with E-state index in [2.05, 4.69) is 27.6 Å². The third-order valence-corrected chi connectivity index (χ3v) is 7.80. The second-order valence-corrected chi connectivity index (χ2v) is 10.7. The summed E-state index contributed by atoms with van der Waals surface area (Å²) in [5, 5.41) is 6.33. The fourth-order valence-corrected chi connectivity index (χ4v) is 5.40. The first-order chi connectivity index (χ1) is 19.2. The van der Waals surface area contributed by atoms with Crippen LogP contribution < -0.4 is 25.2 Å². The Morgan fingerprint density at radius 1 is 1.10 bits per heavy atom. The minimum atomic E-state index is -0.533. The largest absolute Gasteiger partial charge is 0.495 e. The number of carbonyl (C=O) groups excluding carboxylic acids is 3. The maximum Gasteiger partial charge on any atom is 0.319 e. The number of hydrogen-bond acceptors (Lipinski definition) is 9. The lowest BCUT2D eigenvalue weighted by molar-refractivity contribution is -0.120. The number of piperidine rings is 1.